The molecule has 0 aliphatic rings. The number of carbonyl (C=O) groups is 1. The summed E-state index contributed by atoms with van der Waals surface area (Å²) in [6, 6.07) is 2.04. The number of nitriles is 1. The van der Waals surface area contributed by atoms with Gasteiger partial charge in [-0.1, -0.05) is 6.92 Å². The van der Waals surface area contributed by atoms with E-state index in [9.17, 15) is 4.79 Å². The van der Waals surface area contributed by atoms with Crippen LogP contribution in [-0.4, -0.2) is 24.5 Å². The highest BCUT2D eigenvalue weighted by molar-refractivity contribution is 5.85. The third-order valence-corrected chi connectivity index (χ3v) is 1.94. The summed E-state index contributed by atoms with van der Waals surface area (Å²) in [7, 11) is 0. The monoisotopic (exact) mass is 197 g/mol. The Hall–Kier alpha value is -1.08. The fraction of sp³-hybridized carbons (Fsp3) is 0.800. The first kappa shape index (κ1) is 12.9. The van der Waals surface area contributed by atoms with E-state index in [1.165, 1.54) is 0 Å². The lowest BCUT2D eigenvalue weighted by Crippen LogP contribution is -2.52. The summed E-state index contributed by atoms with van der Waals surface area (Å²) in [5.41, 5.74) is -0.526. The highest BCUT2D eigenvalue weighted by Gasteiger charge is 2.25. The number of likely N-dealkylation sites (N-methyl/N-ethyl adjacent to an activating group) is 1. The van der Waals surface area contributed by atoms with E-state index in [-0.39, 0.29) is 5.91 Å². The van der Waals surface area contributed by atoms with Crippen LogP contribution in [0.2, 0.25) is 0 Å². The summed E-state index contributed by atoms with van der Waals surface area (Å²) in [4.78, 5) is 11.6. The molecule has 0 radical (unpaired) electrons. The predicted octanol–water partition coefficient (Wildman–Crippen LogP) is 0.794. The van der Waals surface area contributed by atoms with Gasteiger partial charge >= 0.3 is 0 Å². The van der Waals surface area contributed by atoms with E-state index in [2.05, 4.69) is 10.6 Å². The molecule has 0 aliphatic heterocycles. The number of hydrogen-bond donors (Lipinski definition) is 2. The van der Waals surface area contributed by atoms with Crippen molar-refractivity contribution in [2.75, 3.05) is 13.1 Å². The first-order valence-electron chi connectivity index (χ1n) is 4.95. The molecule has 2 N–H and O–H groups in total. The van der Waals surface area contributed by atoms with Crippen molar-refractivity contribution in [1.29, 1.82) is 5.26 Å². The molecule has 0 atom stereocenters. The molecule has 0 aromatic carbocycles. The summed E-state index contributed by atoms with van der Waals surface area (Å²) in [5.74, 6) is -0.0164. The Balaban J connectivity index is 3.78. The van der Waals surface area contributed by atoms with Crippen molar-refractivity contribution < 1.29 is 4.79 Å². The van der Waals surface area contributed by atoms with Crippen molar-refractivity contribution in [2.45, 2.75) is 39.2 Å². The van der Waals surface area contributed by atoms with Gasteiger partial charge in [-0.05, 0) is 26.8 Å². The smallest absolute Gasteiger partial charge is 0.239 e. The van der Waals surface area contributed by atoms with E-state index in [1.807, 2.05) is 26.8 Å². The van der Waals surface area contributed by atoms with Gasteiger partial charge in [0.05, 0.1) is 11.6 Å². The second kappa shape index (κ2) is 6.39. The number of unbranched alkanes of at least 4 members (excludes halogenated alkanes) is 1. The lowest BCUT2D eigenvalue weighted by molar-refractivity contribution is -0.126. The Labute approximate surface area is 85.7 Å². The minimum absolute atomic E-state index is 0.0164. The van der Waals surface area contributed by atoms with Gasteiger partial charge in [-0.3, -0.25) is 4.79 Å². The van der Waals surface area contributed by atoms with E-state index in [0.717, 1.165) is 6.54 Å². The van der Waals surface area contributed by atoms with Crippen LogP contribution < -0.4 is 10.6 Å². The minimum atomic E-state index is -0.526. The van der Waals surface area contributed by atoms with Crippen LogP contribution in [0.25, 0.3) is 0 Å². The van der Waals surface area contributed by atoms with Crippen LogP contribution in [0.1, 0.15) is 33.6 Å². The first-order chi connectivity index (χ1) is 6.54. The van der Waals surface area contributed by atoms with Gasteiger partial charge in [0.15, 0.2) is 0 Å². The lowest BCUT2D eigenvalue weighted by atomic mass is 10.0. The van der Waals surface area contributed by atoms with E-state index in [1.54, 1.807) is 0 Å². The third kappa shape index (κ3) is 4.83. The molecular formula is C10H19N3O. The van der Waals surface area contributed by atoms with Crippen molar-refractivity contribution >= 4 is 5.91 Å². The lowest BCUT2D eigenvalue weighted by Gasteiger charge is -2.24. The highest BCUT2D eigenvalue weighted by Crippen LogP contribution is 2.01. The van der Waals surface area contributed by atoms with E-state index >= 15 is 0 Å². The van der Waals surface area contributed by atoms with E-state index in [0.29, 0.717) is 19.4 Å². The SMILES string of the molecule is CCNC(C)(C)C(=O)NCCCC#N. The summed E-state index contributed by atoms with van der Waals surface area (Å²) >= 11 is 0. The molecule has 0 heterocycles. The van der Waals surface area contributed by atoms with Crippen LogP contribution in [0.15, 0.2) is 0 Å². The molecule has 0 fully saturated rings. The molecule has 1 amide bonds. The van der Waals surface area contributed by atoms with E-state index < -0.39 is 5.54 Å². The zero-order valence-electron chi connectivity index (χ0n) is 9.18. The average molecular weight is 197 g/mol. The molecule has 0 unspecified atom stereocenters. The van der Waals surface area contributed by atoms with Crippen LogP contribution in [0.4, 0.5) is 0 Å². The van der Waals surface area contributed by atoms with Crippen molar-refractivity contribution in [2.24, 2.45) is 0 Å². The van der Waals surface area contributed by atoms with Gasteiger partial charge in [-0.2, -0.15) is 5.26 Å². The number of hydrogen-bond acceptors (Lipinski definition) is 3. The predicted molar refractivity (Wildman–Crippen MR) is 55.6 cm³/mol. The third-order valence-electron chi connectivity index (χ3n) is 1.94. The molecule has 0 bridgehead atoms. The highest BCUT2D eigenvalue weighted by atomic mass is 16.2. The van der Waals surface area contributed by atoms with Gasteiger partial charge in [0.25, 0.3) is 0 Å². The van der Waals surface area contributed by atoms with Crippen LogP contribution in [-0.2, 0) is 4.79 Å². The van der Waals surface area contributed by atoms with Crippen molar-refractivity contribution in [3.63, 3.8) is 0 Å². The van der Waals surface area contributed by atoms with Gasteiger partial charge in [0, 0.05) is 13.0 Å². The molecule has 0 rings (SSSR count). The molecule has 0 saturated heterocycles. The number of rotatable bonds is 6. The van der Waals surface area contributed by atoms with Crippen LogP contribution in [0.5, 0.6) is 0 Å². The van der Waals surface area contributed by atoms with E-state index in [4.69, 9.17) is 5.26 Å². The van der Waals surface area contributed by atoms with Crippen molar-refractivity contribution in [3.05, 3.63) is 0 Å². The Kier molecular flexibility index (Phi) is 5.89. The maximum Gasteiger partial charge on any atom is 0.239 e. The fourth-order valence-electron chi connectivity index (χ4n) is 1.11. The molecule has 0 saturated carbocycles. The molecule has 0 aromatic rings. The summed E-state index contributed by atoms with van der Waals surface area (Å²) in [6.07, 6.45) is 1.20. The van der Waals surface area contributed by atoms with Gasteiger partial charge in [0.1, 0.15) is 0 Å². The largest absolute Gasteiger partial charge is 0.354 e. The summed E-state index contributed by atoms with van der Waals surface area (Å²) in [6.45, 7) is 6.98. The number of nitrogens with one attached hydrogen (secondary N) is 2. The van der Waals surface area contributed by atoms with Crippen LogP contribution in [0, 0.1) is 11.3 Å². The van der Waals surface area contributed by atoms with Crippen LogP contribution >= 0.6 is 0 Å². The Bertz CT molecular complexity index is 218. The molecule has 4 heteroatoms. The molecule has 0 aliphatic carbocycles. The Morgan fingerprint density at radius 1 is 1.50 bits per heavy atom. The second-order valence-electron chi connectivity index (χ2n) is 3.67. The zero-order chi connectivity index (χ0) is 11.0. The molecule has 0 aromatic heterocycles. The summed E-state index contributed by atoms with van der Waals surface area (Å²) < 4.78 is 0. The second-order valence-corrected chi connectivity index (χ2v) is 3.67. The van der Waals surface area contributed by atoms with Gasteiger partial charge in [0.2, 0.25) is 5.91 Å². The zero-order valence-corrected chi connectivity index (χ0v) is 9.18. The molecule has 0 spiro atoms. The topological polar surface area (TPSA) is 64.9 Å². The summed E-state index contributed by atoms with van der Waals surface area (Å²) in [5, 5.41) is 14.2. The number of carbonyl (C=O) groups excluding carboxylic acids is 1. The average Bonchev–Trinajstić information content (AvgIpc) is 2.12. The Morgan fingerprint density at radius 3 is 2.64 bits per heavy atom. The molecular weight excluding hydrogens is 178 g/mol. The van der Waals surface area contributed by atoms with Crippen molar-refractivity contribution in [1.82, 2.24) is 10.6 Å². The van der Waals surface area contributed by atoms with Gasteiger partial charge < -0.3 is 10.6 Å². The fourth-order valence-corrected chi connectivity index (χ4v) is 1.11. The normalized spacial score (nSPS) is 10.7. The first-order valence-corrected chi connectivity index (χ1v) is 4.95. The molecule has 14 heavy (non-hydrogen) atoms. The van der Waals surface area contributed by atoms with Gasteiger partial charge in [-0.25, -0.2) is 0 Å². The number of nitrogens with zero attached hydrogens (tertiary/aromatic N) is 1. The standard InChI is InChI=1S/C10H19N3O/c1-4-13-10(2,3)9(14)12-8-6-5-7-11/h13H,4-6,8H2,1-3H3,(H,12,14). The quantitative estimate of drug-likeness (QED) is 0.619. The Morgan fingerprint density at radius 2 is 2.14 bits per heavy atom. The van der Waals surface area contributed by atoms with Crippen molar-refractivity contribution in [3.8, 4) is 6.07 Å². The van der Waals surface area contributed by atoms with Crippen LogP contribution in [0.3, 0.4) is 0 Å². The maximum atomic E-state index is 11.6. The molecule has 4 nitrogen and oxygen atoms in total. The maximum absolute atomic E-state index is 11.6. The molecule has 80 valence electrons. The number of amides is 1. The van der Waals surface area contributed by atoms with Gasteiger partial charge in [-0.15, -0.1) is 0 Å². The minimum Gasteiger partial charge on any atom is -0.354 e.